The maximum Gasteiger partial charge on any atom is 0.262 e. The fourth-order valence-corrected chi connectivity index (χ4v) is 9.29. The molecule has 12 nitrogen and oxygen atoms in total. The number of aromatic hydroxyl groups is 2. The number of hydrogen-bond donors (Lipinski definition) is 4. The highest BCUT2D eigenvalue weighted by Gasteiger charge is 2.45. The first-order valence-electron chi connectivity index (χ1n) is 21.3. The third-order valence-electron chi connectivity index (χ3n) is 12.4. The van der Waals surface area contributed by atoms with E-state index in [4.69, 9.17) is 16.3 Å². The average Bonchev–Trinajstić information content (AvgIpc) is 3.52. The Balaban J connectivity index is 0.802. The highest BCUT2D eigenvalue weighted by Crippen LogP contribution is 2.37. The summed E-state index contributed by atoms with van der Waals surface area (Å²) in [4.78, 5) is 56.5. The lowest BCUT2D eigenvalue weighted by Gasteiger charge is -2.37. The number of halogens is 1. The summed E-state index contributed by atoms with van der Waals surface area (Å²) in [7, 11) is 0. The zero-order valence-electron chi connectivity index (χ0n) is 34.2. The number of benzene rings is 4. The number of hydrogen-bond acceptors (Lipinski definition) is 10. The van der Waals surface area contributed by atoms with Gasteiger partial charge >= 0.3 is 0 Å². The number of rotatable bonds is 14. The van der Waals surface area contributed by atoms with Crippen LogP contribution in [0.25, 0.3) is 11.1 Å². The quantitative estimate of drug-likeness (QED) is 0.0635. The molecule has 3 fully saturated rings. The number of likely N-dealkylation sites (tertiary alicyclic amines) is 1. The highest BCUT2D eigenvalue weighted by atomic mass is 35.5. The zero-order chi connectivity index (χ0) is 42.5. The topological polar surface area (TPSA) is 152 Å². The normalized spacial score (nSPS) is 20.4. The lowest BCUT2D eigenvalue weighted by Crippen LogP contribution is -2.54. The van der Waals surface area contributed by atoms with E-state index >= 15 is 0 Å². The largest absolute Gasteiger partial charge is 0.508 e. The van der Waals surface area contributed by atoms with Gasteiger partial charge in [-0.05, 0) is 147 Å². The summed E-state index contributed by atoms with van der Waals surface area (Å²) in [5.41, 5.74) is 6.48. The van der Waals surface area contributed by atoms with Gasteiger partial charge in [0.2, 0.25) is 11.8 Å². The standard InChI is InChI=1S/C48H52ClN5O7/c49-22-19-40(32-3-10-37(55)11-4-32)45(33-5-12-38(56)13-6-33)34-7-14-39(15-8-34)61-27-26-52-24-20-31(21-25-52)29-50-35-2-1-23-53(30-35)36-9-16-41-42(28-36)48(60)54(47(41)59)43-17-18-44(57)51-46(43)58/h3-16,28,31,35,43,50,55-56H,1-2,17-27,29-30H2,(H,51,57,58)/t35-,43?/m0/s1. The molecule has 4 aliphatic heterocycles. The van der Waals surface area contributed by atoms with Gasteiger partial charge in [0, 0.05) is 43.7 Å². The van der Waals surface area contributed by atoms with Crippen molar-refractivity contribution in [2.75, 3.05) is 56.7 Å². The van der Waals surface area contributed by atoms with Gasteiger partial charge in [0.1, 0.15) is 29.9 Å². The van der Waals surface area contributed by atoms with Gasteiger partial charge in [-0.1, -0.05) is 36.4 Å². The zero-order valence-corrected chi connectivity index (χ0v) is 34.9. The number of alkyl halides is 1. The van der Waals surface area contributed by atoms with Crippen molar-refractivity contribution in [3.8, 4) is 17.2 Å². The van der Waals surface area contributed by atoms with E-state index in [0.717, 1.165) is 109 Å². The van der Waals surface area contributed by atoms with Crippen molar-refractivity contribution >= 4 is 52.1 Å². The van der Waals surface area contributed by atoms with Crippen molar-refractivity contribution in [3.05, 3.63) is 119 Å². The number of nitrogens with zero attached hydrogens (tertiary/aromatic N) is 3. The molecular weight excluding hydrogens is 794 g/mol. The molecular formula is C48H52ClN5O7. The molecule has 4 amide bonds. The lowest BCUT2D eigenvalue weighted by molar-refractivity contribution is -0.136. The second-order valence-corrected chi connectivity index (χ2v) is 16.8. The molecule has 3 saturated heterocycles. The van der Waals surface area contributed by atoms with E-state index in [1.54, 1.807) is 36.4 Å². The molecule has 0 radical (unpaired) electrons. The van der Waals surface area contributed by atoms with Crippen LogP contribution in [0.5, 0.6) is 17.2 Å². The van der Waals surface area contributed by atoms with Crippen LogP contribution in [0.1, 0.15) is 82.4 Å². The summed E-state index contributed by atoms with van der Waals surface area (Å²) in [6.07, 6.45) is 5.15. The van der Waals surface area contributed by atoms with Crippen molar-refractivity contribution in [1.82, 2.24) is 20.4 Å². The number of piperidine rings is 3. The predicted octanol–water partition coefficient (Wildman–Crippen LogP) is 6.44. The number of nitrogens with one attached hydrogen (secondary N) is 2. The van der Waals surface area contributed by atoms with Crippen LogP contribution in [0.2, 0.25) is 0 Å². The van der Waals surface area contributed by atoms with E-state index in [-0.39, 0.29) is 24.3 Å². The molecule has 0 saturated carbocycles. The molecule has 4 aliphatic rings. The fourth-order valence-electron chi connectivity index (χ4n) is 9.11. The number of imide groups is 2. The summed E-state index contributed by atoms with van der Waals surface area (Å²) in [5.74, 6) is 0.247. The van der Waals surface area contributed by atoms with E-state index in [1.165, 1.54) is 0 Å². The van der Waals surface area contributed by atoms with Crippen LogP contribution in [0, 0.1) is 5.92 Å². The number of fused-ring (bicyclic) bond motifs is 1. The van der Waals surface area contributed by atoms with Gasteiger partial charge in [-0.3, -0.25) is 34.3 Å². The Hall–Kier alpha value is -5.69. The molecule has 4 N–H and O–H groups in total. The Morgan fingerprint density at radius 2 is 1.43 bits per heavy atom. The summed E-state index contributed by atoms with van der Waals surface area (Å²) >= 11 is 6.31. The monoisotopic (exact) mass is 845 g/mol. The Labute approximate surface area is 361 Å². The minimum atomic E-state index is -0.974. The number of allylic oxidation sites excluding steroid dienone is 1. The van der Waals surface area contributed by atoms with Crippen LogP contribution in [0.3, 0.4) is 0 Å². The van der Waals surface area contributed by atoms with E-state index in [1.807, 2.05) is 42.5 Å². The second-order valence-electron chi connectivity index (χ2n) is 16.4. The Morgan fingerprint density at radius 3 is 2.10 bits per heavy atom. The van der Waals surface area contributed by atoms with Crippen molar-refractivity contribution in [2.24, 2.45) is 5.92 Å². The second kappa shape index (κ2) is 18.9. The molecule has 2 atom stereocenters. The number of phenols is 2. The molecule has 0 bridgehead atoms. The molecule has 0 aliphatic carbocycles. The Morgan fingerprint density at radius 1 is 0.770 bits per heavy atom. The summed E-state index contributed by atoms with van der Waals surface area (Å²) < 4.78 is 6.23. The van der Waals surface area contributed by atoms with Gasteiger partial charge in [0.05, 0.1) is 11.1 Å². The van der Waals surface area contributed by atoms with E-state index in [9.17, 15) is 29.4 Å². The van der Waals surface area contributed by atoms with Crippen LogP contribution < -0.4 is 20.3 Å². The van der Waals surface area contributed by atoms with Crippen LogP contribution in [-0.4, -0.2) is 107 Å². The maximum atomic E-state index is 13.4. The smallest absolute Gasteiger partial charge is 0.262 e. The SMILES string of the molecule is O=C1CCC(N2C(=O)c3ccc(N4CCC[C@H](NCC5CCN(CCOc6ccc(C(=C(CCCl)c7ccc(O)cc7)c7ccc(O)cc7)cc6)CC5)C4)cc3C2=O)C(=O)N1. The van der Waals surface area contributed by atoms with Crippen molar-refractivity contribution in [3.63, 3.8) is 0 Å². The molecule has 4 aromatic carbocycles. The van der Waals surface area contributed by atoms with Gasteiger partial charge in [0.25, 0.3) is 11.8 Å². The van der Waals surface area contributed by atoms with Gasteiger partial charge in [-0.25, -0.2) is 0 Å². The van der Waals surface area contributed by atoms with Crippen LogP contribution in [-0.2, 0) is 9.59 Å². The molecule has 1 unspecified atom stereocenters. The molecule has 8 rings (SSSR count). The number of phenolic OH excluding ortho intramolecular Hbond substituents is 2. The number of carbonyl (C=O) groups excluding carboxylic acids is 4. The van der Waals surface area contributed by atoms with Gasteiger partial charge < -0.3 is 25.2 Å². The molecule has 4 heterocycles. The van der Waals surface area contributed by atoms with E-state index < -0.39 is 29.7 Å². The van der Waals surface area contributed by atoms with E-state index in [2.05, 4.69) is 32.6 Å². The Kier molecular flexibility index (Phi) is 13.0. The first-order valence-corrected chi connectivity index (χ1v) is 21.9. The predicted molar refractivity (Wildman–Crippen MR) is 235 cm³/mol. The third kappa shape index (κ3) is 9.62. The average molecular weight is 846 g/mol. The minimum Gasteiger partial charge on any atom is -0.508 e. The summed E-state index contributed by atoms with van der Waals surface area (Å²) in [5, 5.41) is 26.0. The van der Waals surface area contributed by atoms with Crippen molar-refractivity contribution in [1.29, 1.82) is 0 Å². The van der Waals surface area contributed by atoms with Crippen LogP contribution in [0.4, 0.5) is 5.69 Å². The molecule has 13 heteroatoms. The lowest BCUT2D eigenvalue weighted by atomic mass is 9.88. The summed E-state index contributed by atoms with van der Waals surface area (Å²) in [6, 6.07) is 27.1. The molecule has 61 heavy (non-hydrogen) atoms. The fraction of sp³-hybridized carbons (Fsp3) is 0.375. The maximum absolute atomic E-state index is 13.4. The third-order valence-corrected chi connectivity index (χ3v) is 12.6. The first kappa shape index (κ1) is 42.0. The summed E-state index contributed by atoms with van der Waals surface area (Å²) in [6.45, 7) is 6.08. The van der Waals surface area contributed by atoms with Gasteiger partial charge in [-0.15, -0.1) is 11.6 Å². The van der Waals surface area contributed by atoms with Crippen LogP contribution in [0.15, 0.2) is 91.0 Å². The molecule has 0 spiro atoms. The van der Waals surface area contributed by atoms with Gasteiger partial charge in [-0.2, -0.15) is 0 Å². The number of carbonyl (C=O) groups is 4. The van der Waals surface area contributed by atoms with Crippen molar-refractivity contribution < 1.29 is 34.1 Å². The van der Waals surface area contributed by atoms with Gasteiger partial charge in [0.15, 0.2) is 0 Å². The minimum absolute atomic E-state index is 0.0925. The van der Waals surface area contributed by atoms with Crippen LogP contribution >= 0.6 is 11.6 Å². The molecule has 4 aromatic rings. The number of anilines is 1. The number of ether oxygens (including phenoxy) is 1. The van der Waals surface area contributed by atoms with Crippen molar-refractivity contribution in [2.45, 2.75) is 57.0 Å². The highest BCUT2D eigenvalue weighted by molar-refractivity contribution is 6.23. The van der Waals surface area contributed by atoms with E-state index in [0.29, 0.717) is 42.0 Å². The first-order chi connectivity index (χ1) is 29.6. The molecule has 318 valence electrons. The Bertz CT molecular complexity index is 2270. The number of amides is 4. The molecule has 0 aromatic heterocycles.